The zero-order valence-electron chi connectivity index (χ0n) is 14.1. The molecule has 25 heavy (non-hydrogen) atoms. The van der Waals surface area contributed by atoms with Crippen molar-refractivity contribution in [3.63, 3.8) is 0 Å². The SMILES string of the molecule is O=C(N[C@H]1CCO[C@@H]1c1nccn1-c1ccccc1)C1CCCOC1. The second kappa shape index (κ2) is 7.37. The lowest BCUT2D eigenvalue weighted by Gasteiger charge is -2.25. The molecule has 3 heterocycles. The number of benzene rings is 1. The molecule has 1 unspecified atom stereocenters. The van der Waals surface area contributed by atoms with Crippen LogP contribution in [0, 0.1) is 5.92 Å². The van der Waals surface area contributed by atoms with E-state index >= 15 is 0 Å². The molecule has 6 nitrogen and oxygen atoms in total. The molecule has 1 aromatic carbocycles. The zero-order valence-corrected chi connectivity index (χ0v) is 14.1. The number of carbonyl (C=O) groups excluding carboxylic acids is 1. The van der Waals surface area contributed by atoms with Gasteiger partial charge in [0.25, 0.3) is 0 Å². The van der Waals surface area contributed by atoms with Gasteiger partial charge in [-0.1, -0.05) is 18.2 Å². The van der Waals surface area contributed by atoms with E-state index in [1.165, 1.54) is 0 Å². The van der Waals surface area contributed by atoms with Crippen LogP contribution >= 0.6 is 0 Å². The number of amides is 1. The molecule has 2 fully saturated rings. The Labute approximate surface area is 147 Å². The number of nitrogens with zero attached hydrogens (tertiary/aromatic N) is 2. The quantitative estimate of drug-likeness (QED) is 0.926. The number of imidazole rings is 1. The van der Waals surface area contributed by atoms with Crippen LogP contribution in [0.5, 0.6) is 0 Å². The van der Waals surface area contributed by atoms with Gasteiger partial charge in [-0.15, -0.1) is 0 Å². The first-order valence-electron chi connectivity index (χ1n) is 8.91. The number of para-hydroxylation sites is 1. The van der Waals surface area contributed by atoms with Crippen LogP contribution in [0.1, 0.15) is 31.2 Å². The summed E-state index contributed by atoms with van der Waals surface area (Å²) < 4.78 is 13.4. The van der Waals surface area contributed by atoms with E-state index in [1.54, 1.807) is 6.20 Å². The summed E-state index contributed by atoms with van der Waals surface area (Å²) in [6, 6.07) is 9.99. The van der Waals surface area contributed by atoms with Gasteiger partial charge in [-0.3, -0.25) is 4.79 Å². The Kier molecular flexibility index (Phi) is 4.81. The molecule has 2 saturated heterocycles. The van der Waals surface area contributed by atoms with Crippen molar-refractivity contribution in [2.45, 2.75) is 31.4 Å². The lowest BCUT2D eigenvalue weighted by Crippen LogP contribution is -2.43. The highest BCUT2D eigenvalue weighted by Gasteiger charge is 2.35. The predicted molar refractivity (Wildman–Crippen MR) is 92.3 cm³/mol. The molecule has 0 spiro atoms. The van der Waals surface area contributed by atoms with Crippen LogP contribution in [0.4, 0.5) is 0 Å². The van der Waals surface area contributed by atoms with E-state index in [1.807, 2.05) is 41.1 Å². The largest absolute Gasteiger partial charge is 0.381 e. The van der Waals surface area contributed by atoms with E-state index in [0.717, 1.165) is 37.4 Å². The van der Waals surface area contributed by atoms with Gasteiger partial charge in [-0.05, 0) is 31.4 Å². The molecule has 0 aliphatic carbocycles. The van der Waals surface area contributed by atoms with Crippen LogP contribution in [-0.2, 0) is 14.3 Å². The molecule has 1 aromatic heterocycles. The first-order valence-corrected chi connectivity index (χ1v) is 8.91. The molecular weight excluding hydrogens is 318 g/mol. The Morgan fingerprint density at radius 1 is 1.20 bits per heavy atom. The average Bonchev–Trinajstić information content (AvgIpc) is 3.32. The summed E-state index contributed by atoms with van der Waals surface area (Å²) in [4.78, 5) is 17.1. The molecule has 1 amide bonds. The summed E-state index contributed by atoms with van der Waals surface area (Å²) in [7, 11) is 0. The molecule has 0 bridgehead atoms. The van der Waals surface area contributed by atoms with Crippen LogP contribution in [0.15, 0.2) is 42.7 Å². The van der Waals surface area contributed by atoms with Crippen molar-refractivity contribution in [3.8, 4) is 5.69 Å². The Balaban J connectivity index is 1.50. The maximum Gasteiger partial charge on any atom is 0.225 e. The standard InChI is InChI=1S/C19H23N3O3/c23-19(14-5-4-11-24-13-14)21-16-8-12-25-17(16)18-20-9-10-22(18)15-6-2-1-3-7-15/h1-3,6-7,9-10,14,16-17H,4-5,8,11-13H2,(H,21,23)/t14?,16-,17-/m0/s1. The molecule has 2 aliphatic rings. The Bertz CT molecular complexity index is 710. The van der Waals surface area contributed by atoms with Crippen LogP contribution in [0.2, 0.25) is 0 Å². The fourth-order valence-corrected chi connectivity index (χ4v) is 3.57. The topological polar surface area (TPSA) is 65.4 Å². The highest BCUT2D eigenvalue weighted by molar-refractivity contribution is 5.79. The Hall–Kier alpha value is -2.18. The van der Waals surface area contributed by atoms with Gasteiger partial charge in [0.15, 0.2) is 0 Å². The molecule has 0 saturated carbocycles. The highest BCUT2D eigenvalue weighted by atomic mass is 16.5. The van der Waals surface area contributed by atoms with Crippen molar-refractivity contribution in [2.24, 2.45) is 5.92 Å². The summed E-state index contributed by atoms with van der Waals surface area (Å²) in [5, 5.41) is 3.17. The number of rotatable bonds is 4. The third kappa shape index (κ3) is 3.45. The van der Waals surface area contributed by atoms with Crippen molar-refractivity contribution in [1.82, 2.24) is 14.9 Å². The fourth-order valence-electron chi connectivity index (χ4n) is 3.57. The van der Waals surface area contributed by atoms with Crippen molar-refractivity contribution < 1.29 is 14.3 Å². The first kappa shape index (κ1) is 16.3. The van der Waals surface area contributed by atoms with E-state index < -0.39 is 0 Å². The summed E-state index contributed by atoms with van der Waals surface area (Å²) in [6.45, 7) is 1.90. The highest BCUT2D eigenvalue weighted by Crippen LogP contribution is 2.30. The smallest absolute Gasteiger partial charge is 0.225 e. The zero-order chi connectivity index (χ0) is 17.1. The van der Waals surface area contributed by atoms with Crippen LogP contribution in [-0.4, -0.2) is 41.3 Å². The summed E-state index contributed by atoms with van der Waals surface area (Å²) in [6.07, 6.45) is 6.11. The van der Waals surface area contributed by atoms with Gasteiger partial charge in [0.05, 0.1) is 18.6 Å². The number of aromatic nitrogens is 2. The lowest BCUT2D eigenvalue weighted by molar-refractivity contribution is -0.130. The van der Waals surface area contributed by atoms with E-state index in [0.29, 0.717) is 13.2 Å². The van der Waals surface area contributed by atoms with Crippen molar-refractivity contribution in [3.05, 3.63) is 48.5 Å². The van der Waals surface area contributed by atoms with Crippen molar-refractivity contribution in [1.29, 1.82) is 0 Å². The van der Waals surface area contributed by atoms with E-state index in [9.17, 15) is 4.79 Å². The van der Waals surface area contributed by atoms with Gasteiger partial charge in [0.2, 0.25) is 5.91 Å². The monoisotopic (exact) mass is 341 g/mol. The van der Waals surface area contributed by atoms with Gasteiger partial charge < -0.3 is 19.4 Å². The first-order chi connectivity index (χ1) is 12.3. The van der Waals surface area contributed by atoms with Gasteiger partial charge >= 0.3 is 0 Å². The van der Waals surface area contributed by atoms with Crippen molar-refractivity contribution in [2.75, 3.05) is 19.8 Å². The molecule has 6 heteroatoms. The maximum absolute atomic E-state index is 12.6. The van der Waals surface area contributed by atoms with Crippen molar-refractivity contribution >= 4 is 5.91 Å². The van der Waals surface area contributed by atoms with Gasteiger partial charge in [-0.25, -0.2) is 4.98 Å². The van der Waals surface area contributed by atoms with Crippen LogP contribution in [0.25, 0.3) is 5.69 Å². The Morgan fingerprint density at radius 3 is 2.88 bits per heavy atom. The molecular formula is C19H23N3O3. The molecule has 4 rings (SSSR count). The van der Waals surface area contributed by atoms with E-state index in [-0.39, 0.29) is 24.0 Å². The third-order valence-electron chi connectivity index (χ3n) is 4.91. The minimum Gasteiger partial charge on any atom is -0.381 e. The van der Waals surface area contributed by atoms with Crippen LogP contribution in [0.3, 0.4) is 0 Å². The molecule has 2 aliphatic heterocycles. The van der Waals surface area contributed by atoms with Gasteiger partial charge in [-0.2, -0.15) is 0 Å². The summed E-state index contributed by atoms with van der Waals surface area (Å²) in [5.41, 5.74) is 1.04. The maximum atomic E-state index is 12.6. The summed E-state index contributed by atoms with van der Waals surface area (Å²) in [5.74, 6) is 0.843. The number of hydrogen-bond donors (Lipinski definition) is 1. The van der Waals surface area contributed by atoms with Gasteiger partial charge in [0, 0.05) is 31.3 Å². The number of carbonyl (C=O) groups is 1. The lowest BCUT2D eigenvalue weighted by atomic mass is 10.00. The van der Waals surface area contributed by atoms with E-state index in [4.69, 9.17) is 9.47 Å². The minimum absolute atomic E-state index is 0.0520. The second-order valence-corrected chi connectivity index (χ2v) is 6.60. The predicted octanol–water partition coefficient (Wildman–Crippen LogP) is 2.25. The Morgan fingerprint density at radius 2 is 2.08 bits per heavy atom. The molecule has 2 aromatic rings. The normalized spacial score (nSPS) is 26.5. The molecule has 3 atom stereocenters. The molecule has 0 radical (unpaired) electrons. The number of nitrogens with one attached hydrogen (secondary N) is 1. The number of ether oxygens (including phenoxy) is 2. The molecule has 1 N–H and O–H groups in total. The second-order valence-electron chi connectivity index (χ2n) is 6.60. The minimum atomic E-state index is -0.233. The third-order valence-corrected chi connectivity index (χ3v) is 4.91. The molecule has 132 valence electrons. The fraction of sp³-hybridized carbons (Fsp3) is 0.474. The number of hydrogen-bond acceptors (Lipinski definition) is 4. The summed E-state index contributed by atoms with van der Waals surface area (Å²) >= 11 is 0. The van der Waals surface area contributed by atoms with E-state index in [2.05, 4.69) is 10.3 Å². The van der Waals surface area contributed by atoms with Crippen LogP contribution < -0.4 is 5.32 Å². The van der Waals surface area contributed by atoms with Gasteiger partial charge in [0.1, 0.15) is 11.9 Å². The average molecular weight is 341 g/mol.